The minimum Gasteiger partial charge on any atom is -0.508 e. The van der Waals surface area contributed by atoms with Gasteiger partial charge in [-0.1, -0.05) is 42.5 Å². The minimum atomic E-state index is -0.237. The molecular weight excluding hydrogens is 338 g/mol. The molecule has 27 heavy (non-hydrogen) atoms. The molecule has 0 bridgehead atoms. The summed E-state index contributed by atoms with van der Waals surface area (Å²) in [6, 6.07) is 22.4. The molecular formula is C23H21NO3. The highest BCUT2D eigenvalue weighted by molar-refractivity contribution is 6.02. The van der Waals surface area contributed by atoms with E-state index in [0.29, 0.717) is 12.3 Å². The van der Waals surface area contributed by atoms with Crippen molar-refractivity contribution in [2.24, 2.45) is 0 Å². The fourth-order valence-corrected chi connectivity index (χ4v) is 2.58. The van der Waals surface area contributed by atoms with E-state index in [1.807, 2.05) is 61.5 Å². The van der Waals surface area contributed by atoms with Gasteiger partial charge in [-0.2, -0.15) is 0 Å². The molecule has 136 valence electrons. The topological polar surface area (TPSA) is 58.6 Å². The lowest BCUT2D eigenvalue weighted by molar-refractivity contribution is -0.111. The number of carbonyl (C=O) groups excluding carboxylic acids is 1. The third-order valence-electron chi connectivity index (χ3n) is 4.00. The number of benzene rings is 3. The van der Waals surface area contributed by atoms with Crippen LogP contribution in [0.3, 0.4) is 0 Å². The van der Waals surface area contributed by atoms with Crippen LogP contribution in [0.4, 0.5) is 5.69 Å². The molecule has 4 nitrogen and oxygen atoms in total. The van der Waals surface area contributed by atoms with Crippen molar-refractivity contribution in [1.82, 2.24) is 0 Å². The average molecular weight is 359 g/mol. The molecule has 0 radical (unpaired) electrons. The number of anilines is 1. The van der Waals surface area contributed by atoms with Gasteiger partial charge in [-0.15, -0.1) is 0 Å². The molecule has 0 aromatic heterocycles. The molecule has 0 atom stereocenters. The first-order valence-corrected chi connectivity index (χ1v) is 8.65. The van der Waals surface area contributed by atoms with Gasteiger partial charge in [0.15, 0.2) is 0 Å². The van der Waals surface area contributed by atoms with Gasteiger partial charge in [-0.3, -0.25) is 4.79 Å². The molecule has 0 aliphatic heterocycles. The molecule has 0 aliphatic rings. The zero-order valence-electron chi connectivity index (χ0n) is 15.1. The second kappa shape index (κ2) is 8.72. The number of hydrogen-bond donors (Lipinski definition) is 2. The van der Waals surface area contributed by atoms with Crippen molar-refractivity contribution in [3.63, 3.8) is 0 Å². The fourth-order valence-electron chi connectivity index (χ4n) is 2.58. The Bertz CT molecular complexity index is 949. The Labute approximate surface area is 158 Å². The van der Waals surface area contributed by atoms with Gasteiger partial charge in [0.1, 0.15) is 18.1 Å². The summed E-state index contributed by atoms with van der Waals surface area (Å²) < 4.78 is 5.80. The van der Waals surface area contributed by atoms with Crippen molar-refractivity contribution in [3.05, 3.63) is 95.6 Å². The smallest absolute Gasteiger partial charge is 0.248 e. The van der Waals surface area contributed by atoms with Gasteiger partial charge in [0, 0.05) is 11.8 Å². The summed E-state index contributed by atoms with van der Waals surface area (Å²) >= 11 is 0. The predicted octanol–water partition coefficient (Wildman–Crippen LogP) is 4.93. The van der Waals surface area contributed by atoms with E-state index in [1.54, 1.807) is 24.3 Å². The highest BCUT2D eigenvalue weighted by Gasteiger charge is 2.03. The van der Waals surface area contributed by atoms with Crippen LogP contribution in [0.5, 0.6) is 11.5 Å². The Morgan fingerprint density at radius 2 is 1.85 bits per heavy atom. The van der Waals surface area contributed by atoms with Crippen LogP contribution in [0.15, 0.2) is 78.9 Å². The van der Waals surface area contributed by atoms with E-state index >= 15 is 0 Å². The lowest BCUT2D eigenvalue weighted by atomic mass is 10.1. The molecule has 0 spiro atoms. The van der Waals surface area contributed by atoms with Crippen molar-refractivity contribution in [2.75, 3.05) is 5.32 Å². The summed E-state index contributed by atoms with van der Waals surface area (Å²) in [7, 11) is 0. The zero-order valence-corrected chi connectivity index (χ0v) is 15.1. The summed E-state index contributed by atoms with van der Waals surface area (Å²) in [5.74, 6) is 0.684. The standard InChI is InChI=1S/C23H21NO3/c1-17-14-20(25)11-12-22(17)24-23(26)13-10-18-8-5-9-21(15-18)27-16-19-6-3-2-4-7-19/h2-15,25H,16H2,1H3,(H,24,26)/b13-10+. The van der Waals surface area contributed by atoms with Crippen molar-refractivity contribution >= 4 is 17.7 Å². The maximum absolute atomic E-state index is 12.1. The predicted molar refractivity (Wildman–Crippen MR) is 108 cm³/mol. The number of aryl methyl sites for hydroxylation is 1. The van der Waals surface area contributed by atoms with E-state index in [9.17, 15) is 9.90 Å². The Morgan fingerprint density at radius 1 is 1.04 bits per heavy atom. The molecule has 2 N–H and O–H groups in total. The van der Waals surface area contributed by atoms with Crippen molar-refractivity contribution in [3.8, 4) is 11.5 Å². The van der Waals surface area contributed by atoms with E-state index in [0.717, 1.165) is 22.4 Å². The van der Waals surface area contributed by atoms with Gasteiger partial charge < -0.3 is 15.2 Å². The number of carbonyl (C=O) groups is 1. The maximum atomic E-state index is 12.1. The molecule has 0 unspecified atom stereocenters. The number of phenols is 1. The summed E-state index contributed by atoms with van der Waals surface area (Å²) in [6.45, 7) is 2.32. The molecule has 3 aromatic carbocycles. The van der Waals surface area contributed by atoms with Gasteiger partial charge in [-0.25, -0.2) is 0 Å². The number of phenolic OH excluding ortho intramolecular Hbond substituents is 1. The first kappa shape index (κ1) is 18.3. The molecule has 0 fully saturated rings. The van der Waals surface area contributed by atoms with E-state index in [1.165, 1.54) is 6.08 Å². The third-order valence-corrected chi connectivity index (χ3v) is 4.00. The quantitative estimate of drug-likeness (QED) is 0.484. The summed E-state index contributed by atoms with van der Waals surface area (Å²) in [6.07, 6.45) is 3.21. The molecule has 3 rings (SSSR count). The molecule has 4 heteroatoms. The second-order valence-electron chi connectivity index (χ2n) is 6.17. The SMILES string of the molecule is Cc1cc(O)ccc1NC(=O)/C=C/c1cccc(OCc2ccccc2)c1. The van der Waals surface area contributed by atoms with Crippen LogP contribution in [-0.2, 0) is 11.4 Å². The summed E-state index contributed by atoms with van der Waals surface area (Å²) in [5, 5.41) is 12.2. The number of rotatable bonds is 6. The number of hydrogen-bond acceptors (Lipinski definition) is 3. The molecule has 1 amide bonds. The van der Waals surface area contributed by atoms with Gasteiger partial charge in [-0.05, 0) is 60.0 Å². The Kier molecular flexibility index (Phi) is 5.90. The monoisotopic (exact) mass is 359 g/mol. The lowest BCUT2D eigenvalue weighted by Gasteiger charge is -2.07. The molecule has 0 saturated heterocycles. The van der Waals surface area contributed by atoms with Crippen molar-refractivity contribution in [1.29, 1.82) is 0 Å². The Hall–Kier alpha value is -3.53. The van der Waals surface area contributed by atoms with Crippen LogP contribution in [0.25, 0.3) is 6.08 Å². The minimum absolute atomic E-state index is 0.174. The van der Waals surface area contributed by atoms with Crippen LogP contribution in [0.1, 0.15) is 16.7 Å². The maximum Gasteiger partial charge on any atom is 0.248 e. The summed E-state index contributed by atoms with van der Waals surface area (Å²) in [4.78, 5) is 12.1. The summed E-state index contributed by atoms with van der Waals surface area (Å²) in [5.41, 5.74) is 3.44. The third kappa shape index (κ3) is 5.47. The van der Waals surface area contributed by atoms with Crippen LogP contribution < -0.4 is 10.1 Å². The number of nitrogens with one attached hydrogen (secondary N) is 1. The Balaban J connectivity index is 1.60. The highest BCUT2D eigenvalue weighted by Crippen LogP contribution is 2.20. The van der Waals surface area contributed by atoms with E-state index in [2.05, 4.69) is 5.32 Å². The first-order chi connectivity index (χ1) is 13.1. The first-order valence-electron chi connectivity index (χ1n) is 8.65. The van der Waals surface area contributed by atoms with Gasteiger partial charge in [0.05, 0.1) is 0 Å². The van der Waals surface area contributed by atoms with Crippen molar-refractivity contribution < 1.29 is 14.6 Å². The van der Waals surface area contributed by atoms with E-state index in [-0.39, 0.29) is 11.7 Å². The van der Waals surface area contributed by atoms with Gasteiger partial charge in [0.25, 0.3) is 0 Å². The molecule has 0 heterocycles. The van der Waals surface area contributed by atoms with Crippen LogP contribution in [0, 0.1) is 6.92 Å². The van der Waals surface area contributed by atoms with Gasteiger partial charge >= 0.3 is 0 Å². The number of aromatic hydroxyl groups is 1. The largest absolute Gasteiger partial charge is 0.508 e. The molecule has 0 saturated carbocycles. The van der Waals surface area contributed by atoms with E-state index in [4.69, 9.17) is 4.74 Å². The van der Waals surface area contributed by atoms with E-state index < -0.39 is 0 Å². The van der Waals surface area contributed by atoms with Crippen LogP contribution in [0.2, 0.25) is 0 Å². The van der Waals surface area contributed by atoms with Gasteiger partial charge in [0.2, 0.25) is 5.91 Å². The van der Waals surface area contributed by atoms with Crippen molar-refractivity contribution in [2.45, 2.75) is 13.5 Å². The fraction of sp³-hybridized carbons (Fsp3) is 0.0870. The number of amides is 1. The Morgan fingerprint density at radius 3 is 2.63 bits per heavy atom. The van der Waals surface area contributed by atoms with Crippen LogP contribution >= 0.6 is 0 Å². The van der Waals surface area contributed by atoms with Crippen LogP contribution in [-0.4, -0.2) is 11.0 Å². The lowest BCUT2D eigenvalue weighted by Crippen LogP contribution is -2.08. The number of ether oxygens (including phenoxy) is 1. The second-order valence-corrected chi connectivity index (χ2v) is 6.17. The normalized spacial score (nSPS) is 10.7. The average Bonchev–Trinajstić information content (AvgIpc) is 2.68. The molecule has 0 aliphatic carbocycles. The highest BCUT2D eigenvalue weighted by atomic mass is 16.5. The molecule has 3 aromatic rings. The zero-order chi connectivity index (χ0) is 19.1.